The molecule has 0 saturated carbocycles. The first-order valence-corrected chi connectivity index (χ1v) is 5.10. The predicted octanol–water partition coefficient (Wildman–Crippen LogP) is 1.24. The van der Waals surface area contributed by atoms with Gasteiger partial charge in [0.1, 0.15) is 12.8 Å². The zero-order valence-electron chi connectivity index (χ0n) is 10.1. The molecule has 0 aliphatic heterocycles. The molecule has 0 radical (unpaired) electrons. The van der Waals surface area contributed by atoms with Gasteiger partial charge in [-0.25, -0.2) is 4.79 Å². The summed E-state index contributed by atoms with van der Waals surface area (Å²) in [6.45, 7) is -0.260. The lowest BCUT2D eigenvalue weighted by Crippen LogP contribution is -2.36. The molecule has 1 aromatic carbocycles. The number of ether oxygens (including phenoxy) is 2. The minimum absolute atomic E-state index is 0.260. The number of benzene rings is 1. The van der Waals surface area contributed by atoms with Gasteiger partial charge in [-0.1, -0.05) is 0 Å². The third kappa shape index (κ3) is 3.31. The molecule has 1 amide bonds. The zero-order chi connectivity index (χ0) is 13.5. The van der Waals surface area contributed by atoms with Crippen molar-refractivity contribution in [3.05, 3.63) is 29.8 Å². The van der Waals surface area contributed by atoms with Gasteiger partial charge in [0.05, 0.1) is 14.2 Å². The van der Waals surface area contributed by atoms with E-state index in [0.29, 0.717) is 17.5 Å². The van der Waals surface area contributed by atoms with E-state index in [4.69, 9.17) is 0 Å². The van der Waals surface area contributed by atoms with Gasteiger partial charge in [0, 0.05) is 11.3 Å². The third-order valence-corrected chi connectivity index (χ3v) is 2.25. The number of nitrogens with zero attached hydrogens (tertiary/aromatic N) is 1. The first kappa shape index (κ1) is 13.7. The van der Waals surface area contributed by atoms with Gasteiger partial charge in [0.2, 0.25) is 0 Å². The van der Waals surface area contributed by atoms with Gasteiger partial charge in [-0.15, -0.1) is 0 Å². The van der Waals surface area contributed by atoms with Crippen LogP contribution >= 0.6 is 0 Å². The Kier molecular flexibility index (Phi) is 4.86. The highest BCUT2D eigenvalue weighted by atomic mass is 16.5. The second-order valence-electron chi connectivity index (χ2n) is 3.34. The number of esters is 1. The largest absolute Gasteiger partial charge is 0.468 e. The van der Waals surface area contributed by atoms with Crippen LogP contribution in [0, 0.1) is 0 Å². The fraction of sp³-hybridized carbons (Fsp3) is 0.250. The monoisotopic (exact) mass is 251 g/mol. The molecule has 0 fully saturated rings. The first-order valence-electron chi connectivity index (χ1n) is 5.10. The summed E-state index contributed by atoms with van der Waals surface area (Å²) < 4.78 is 9.08. The molecule has 0 aliphatic rings. The Balaban J connectivity index is 2.97. The summed E-state index contributed by atoms with van der Waals surface area (Å²) in [6, 6.07) is 6.16. The molecule has 0 aliphatic carbocycles. The number of hydrogen-bond donors (Lipinski definition) is 0. The van der Waals surface area contributed by atoms with E-state index in [0.717, 1.165) is 4.90 Å². The van der Waals surface area contributed by atoms with Crippen LogP contribution in [-0.2, 0) is 14.3 Å². The van der Waals surface area contributed by atoms with Gasteiger partial charge in [-0.2, -0.15) is 0 Å². The maximum absolute atomic E-state index is 11.5. The average Bonchev–Trinajstić information content (AvgIpc) is 2.43. The Morgan fingerprint density at radius 3 is 2.22 bits per heavy atom. The smallest absolute Gasteiger partial charge is 0.414 e. The lowest BCUT2D eigenvalue weighted by Gasteiger charge is -2.19. The maximum atomic E-state index is 11.5. The number of carbonyl (C=O) groups is 3. The van der Waals surface area contributed by atoms with Crippen molar-refractivity contribution in [3.63, 3.8) is 0 Å². The highest BCUT2D eigenvalue weighted by molar-refractivity contribution is 5.93. The highest BCUT2D eigenvalue weighted by Gasteiger charge is 2.19. The molecule has 0 unspecified atom stereocenters. The lowest BCUT2D eigenvalue weighted by atomic mass is 10.2. The van der Waals surface area contributed by atoms with Gasteiger partial charge >= 0.3 is 12.1 Å². The molecule has 6 nitrogen and oxygen atoms in total. The molecule has 0 N–H and O–H groups in total. The molecule has 6 heteroatoms. The fourth-order valence-corrected chi connectivity index (χ4v) is 1.30. The van der Waals surface area contributed by atoms with Crippen molar-refractivity contribution in [1.29, 1.82) is 0 Å². The zero-order valence-corrected chi connectivity index (χ0v) is 10.1. The normalized spacial score (nSPS) is 9.44. The summed E-state index contributed by atoms with van der Waals surface area (Å²) in [6.07, 6.45) is 0.00583. The van der Waals surface area contributed by atoms with E-state index in [9.17, 15) is 14.4 Å². The molecular formula is C12H13NO5. The summed E-state index contributed by atoms with van der Waals surface area (Å²) in [5, 5.41) is 0. The quantitative estimate of drug-likeness (QED) is 0.594. The number of hydrogen-bond acceptors (Lipinski definition) is 5. The predicted molar refractivity (Wildman–Crippen MR) is 63.6 cm³/mol. The van der Waals surface area contributed by atoms with Crippen LogP contribution in [0.2, 0.25) is 0 Å². The highest BCUT2D eigenvalue weighted by Crippen LogP contribution is 2.15. The third-order valence-electron chi connectivity index (χ3n) is 2.25. The van der Waals surface area contributed by atoms with Gasteiger partial charge in [-0.3, -0.25) is 14.5 Å². The summed E-state index contributed by atoms with van der Waals surface area (Å²) in [4.78, 5) is 34.4. The van der Waals surface area contributed by atoms with Crippen molar-refractivity contribution in [2.75, 3.05) is 25.7 Å². The SMILES string of the molecule is COC(=O)CN(C(=O)OC)c1ccc(C=O)cc1. The van der Waals surface area contributed by atoms with Crippen LogP contribution < -0.4 is 4.90 Å². The Bertz CT molecular complexity index is 440. The van der Waals surface area contributed by atoms with Gasteiger partial charge in [0.15, 0.2) is 0 Å². The summed E-state index contributed by atoms with van der Waals surface area (Å²) >= 11 is 0. The molecule has 1 rings (SSSR count). The molecule has 0 saturated heterocycles. The maximum Gasteiger partial charge on any atom is 0.414 e. The van der Waals surface area contributed by atoms with Crippen LogP contribution in [-0.4, -0.2) is 39.1 Å². The van der Waals surface area contributed by atoms with Crippen LogP contribution in [0.5, 0.6) is 0 Å². The number of carbonyl (C=O) groups excluding carboxylic acids is 3. The summed E-state index contributed by atoms with van der Waals surface area (Å²) in [7, 11) is 2.44. The van der Waals surface area contributed by atoms with Crippen LogP contribution in [0.15, 0.2) is 24.3 Å². The molecular weight excluding hydrogens is 238 g/mol. The van der Waals surface area contributed by atoms with Crippen molar-refractivity contribution in [2.24, 2.45) is 0 Å². The average molecular weight is 251 g/mol. The summed E-state index contributed by atoms with van der Waals surface area (Å²) in [5.41, 5.74) is 0.916. The summed E-state index contributed by atoms with van der Waals surface area (Å²) in [5.74, 6) is -0.570. The van der Waals surface area contributed by atoms with E-state index in [2.05, 4.69) is 9.47 Å². The molecule has 18 heavy (non-hydrogen) atoms. The molecule has 0 aromatic heterocycles. The van der Waals surface area contributed by atoms with Crippen molar-refractivity contribution in [2.45, 2.75) is 0 Å². The number of anilines is 1. The van der Waals surface area contributed by atoms with Crippen LogP contribution in [0.4, 0.5) is 10.5 Å². The van der Waals surface area contributed by atoms with E-state index in [1.54, 1.807) is 12.1 Å². The molecule has 0 bridgehead atoms. The van der Waals surface area contributed by atoms with Crippen molar-refractivity contribution in [3.8, 4) is 0 Å². The van der Waals surface area contributed by atoms with E-state index >= 15 is 0 Å². The molecule has 0 atom stereocenters. The number of aldehydes is 1. The number of rotatable bonds is 4. The fourth-order valence-electron chi connectivity index (χ4n) is 1.30. The number of methoxy groups -OCH3 is 2. The van der Waals surface area contributed by atoms with E-state index in [1.165, 1.54) is 26.4 Å². The Morgan fingerprint density at radius 1 is 1.17 bits per heavy atom. The van der Waals surface area contributed by atoms with Gasteiger partial charge < -0.3 is 9.47 Å². The minimum atomic E-state index is -0.681. The Morgan fingerprint density at radius 2 is 1.78 bits per heavy atom. The van der Waals surface area contributed by atoms with Crippen molar-refractivity contribution < 1.29 is 23.9 Å². The van der Waals surface area contributed by atoms with Crippen LogP contribution in [0.3, 0.4) is 0 Å². The van der Waals surface area contributed by atoms with Crippen LogP contribution in [0.1, 0.15) is 10.4 Å². The molecule has 0 heterocycles. The Labute approximate surface area is 104 Å². The van der Waals surface area contributed by atoms with E-state index in [1.807, 2.05) is 0 Å². The van der Waals surface area contributed by atoms with Gasteiger partial charge in [0.25, 0.3) is 0 Å². The topological polar surface area (TPSA) is 72.9 Å². The lowest BCUT2D eigenvalue weighted by molar-refractivity contribution is -0.138. The second kappa shape index (κ2) is 6.39. The van der Waals surface area contributed by atoms with Crippen LogP contribution in [0.25, 0.3) is 0 Å². The van der Waals surface area contributed by atoms with Crippen molar-refractivity contribution >= 4 is 24.0 Å². The minimum Gasteiger partial charge on any atom is -0.468 e. The number of amides is 1. The molecule has 96 valence electrons. The standard InChI is InChI=1S/C12H13NO5/c1-17-11(15)7-13(12(16)18-2)10-5-3-9(8-14)4-6-10/h3-6,8H,7H2,1-2H3. The van der Waals surface area contributed by atoms with E-state index < -0.39 is 12.1 Å². The van der Waals surface area contributed by atoms with Crippen molar-refractivity contribution in [1.82, 2.24) is 0 Å². The first-order chi connectivity index (χ1) is 8.62. The Hall–Kier alpha value is -2.37. The van der Waals surface area contributed by atoms with Gasteiger partial charge in [-0.05, 0) is 24.3 Å². The van der Waals surface area contributed by atoms with E-state index in [-0.39, 0.29) is 6.54 Å². The second-order valence-corrected chi connectivity index (χ2v) is 3.34. The molecule has 1 aromatic rings. The molecule has 0 spiro atoms.